The molecule has 0 amide bonds. The summed E-state index contributed by atoms with van der Waals surface area (Å²) in [6.07, 6.45) is 5.07. The lowest BCUT2D eigenvalue weighted by atomic mass is 10.2. The summed E-state index contributed by atoms with van der Waals surface area (Å²) in [5, 5.41) is 4.13. The highest BCUT2D eigenvalue weighted by Crippen LogP contribution is 2.27. The van der Waals surface area contributed by atoms with Gasteiger partial charge in [0.25, 0.3) is 0 Å². The van der Waals surface area contributed by atoms with E-state index in [4.69, 9.17) is 16.6 Å². The SMILES string of the molecule is Cc1c(Cl)nc(N2CCN(C)CC2)nc1NC1CCCC1.Cl. The number of nitrogens with zero attached hydrogens (tertiary/aromatic N) is 4. The van der Waals surface area contributed by atoms with Crippen LogP contribution >= 0.6 is 24.0 Å². The van der Waals surface area contributed by atoms with Crippen molar-refractivity contribution < 1.29 is 0 Å². The van der Waals surface area contributed by atoms with Gasteiger partial charge in [0.1, 0.15) is 11.0 Å². The van der Waals surface area contributed by atoms with Gasteiger partial charge in [-0.25, -0.2) is 4.98 Å². The van der Waals surface area contributed by atoms with Crippen LogP contribution in [0.15, 0.2) is 0 Å². The van der Waals surface area contributed by atoms with Crippen molar-refractivity contribution in [3.05, 3.63) is 10.7 Å². The number of aromatic nitrogens is 2. The van der Waals surface area contributed by atoms with Gasteiger partial charge in [0.05, 0.1) is 0 Å². The maximum absolute atomic E-state index is 6.32. The molecule has 0 spiro atoms. The highest BCUT2D eigenvalue weighted by atomic mass is 35.5. The van der Waals surface area contributed by atoms with E-state index < -0.39 is 0 Å². The second-order valence-electron chi connectivity index (χ2n) is 6.20. The first-order chi connectivity index (χ1) is 10.1. The molecule has 0 unspecified atom stereocenters. The van der Waals surface area contributed by atoms with Crippen LogP contribution in [0.1, 0.15) is 31.2 Å². The van der Waals surface area contributed by atoms with Gasteiger partial charge in [-0.1, -0.05) is 24.4 Å². The van der Waals surface area contributed by atoms with Gasteiger partial charge in [0.15, 0.2) is 0 Å². The number of rotatable bonds is 3. The van der Waals surface area contributed by atoms with E-state index in [1.165, 1.54) is 25.7 Å². The minimum atomic E-state index is 0. The summed E-state index contributed by atoms with van der Waals surface area (Å²) in [6, 6.07) is 0.537. The topological polar surface area (TPSA) is 44.3 Å². The second-order valence-corrected chi connectivity index (χ2v) is 6.56. The van der Waals surface area contributed by atoms with Crippen molar-refractivity contribution in [3.63, 3.8) is 0 Å². The number of hydrogen-bond donors (Lipinski definition) is 1. The second kappa shape index (κ2) is 7.66. The van der Waals surface area contributed by atoms with Gasteiger partial charge in [-0.2, -0.15) is 4.98 Å². The van der Waals surface area contributed by atoms with Crippen molar-refractivity contribution in [1.29, 1.82) is 0 Å². The van der Waals surface area contributed by atoms with E-state index in [1.807, 2.05) is 6.92 Å². The normalized spacial score (nSPS) is 20.0. The predicted molar refractivity (Wildman–Crippen MR) is 94.6 cm³/mol. The molecule has 1 saturated carbocycles. The first-order valence-corrected chi connectivity index (χ1v) is 8.25. The molecule has 1 aromatic heterocycles. The van der Waals surface area contributed by atoms with Crippen LogP contribution in [0.2, 0.25) is 5.15 Å². The number of likely N-dealkylation sites (N-methyl/N-ethyl adjacent to an activating group) is 1. The molecule has 1 aliphatic carbocycles. The van der Waals surface area contributed by atoms with Crippen molar-refractivity contribution in [2.24, 2.45) is 0 Å². The van der Waals surface area contributed by atoms with E-state index in [0.717, 1.165) is 43.5 Å². The molecule has 1 aliphatic heterocycles. The van der Waals surface area contributed by atoms with Gasteiger partial charge in [0, 0.05) is 37.8 Å². The molecule has 7 heteroatoms. The lowest BCUT2D eigenvalue weighted by Gasteiger charge is -2.32. The standard InChI is InChI=1S/C15H24ClN5.ClH/c1-11-13(16)18-15(21-9-7-20(2)8-10-21)19-14(11)17-12-5-3-4-6-12;/h12H,3-10H2,1-2H3,(H,17,18,19);1H. The van der Waals surface area contributed by atoms with Crippen LogP contribution in [-0.2, 0) is 0 Å². The molecular weight excluding hydrogens is 321 g/mol. The quantitative estimate of drug-likeness (QED) is 0.853. The molecule has 1 saturated heterocycles. The molecule has 2 fully saturated rings. The minimum absolute atomic E-state index is 0. The Hall–Kier alpha value is -0.780. The van der Waals surface area contributed by atoms with Gasteiger partial charge >= 0.3 is 0 Å². The minimum Gasteiger partial charge on any atom is -0.367 e. The average Bonchev–Trinajstić information content (AvgIpc) is 2.97. The molecule has 1 N–H and O–H groups in total. The van der Waals surface area contributed by atoms with Gasteiger partial charge in [0.2, 0.25) is 5.95 Å². The Kier molecular flexibility index (Phi) is 6.12. The summed E-state index contributed by atoms with van der Waals surface area (Å²) in [7, 11) is 2.15. The maximum atomic E-state index is 6.32. The fraction of sp³-hybridized carbons (Fsp3) is 0.733. The summed E-state index contributed by atoms with van der Waals surface area (Å²) in [4.78, 5) is 13.8. The fourth-order valence-corrected chi connectivity index (χ4v) is 3.20. The Balaban J connectivity index is 0.00000176. The summed E-state index contributed by atoms with van der Waals surface area (Å²) < 4.78 is 0. The van der Waals surface area contributed by atoms with Crippen molar-refractivity contribution in [2.75, 3.05) is 43.4 Å². The zero-order chi connectivity index (χ0) is 14.8. The molecule has 0 bridgehead atoms. The third-order valence-electron chi connectivity index (χ3n) is 4.56. The van der Waals surface area contributed by atoms with E-state index in [-0.39, 0.29) is 12.4 Å². The monoisotopic (exact) mass is 345 g/mol. The Labute approximate surface area is 143 Å². The lowest BCUT2D eigenvalue weighted by Crippen LogP contribution is -2.45. The van der Waals surface area contributed by atoms with E-state index >= 15 is 0 Å². The molecule has 22 heavy (non-hydrogen) atoms. The Bertz CT molecular complexity index is 497. The summed E-state index contributed by atoms with van der Waals surface area (Å²) in [5.41, 5.74) is 0.960. The molecule has 0 aromatic carbocycles. The number of halogens is 2. The Morgan fingerprint density at radius 2 is 1.73 bits per heavy atom. The van der Waals surface area contributed by atoms with Gasteiger partial charge in [-0.05, 0) is 26.8 Å². The molecule has 2 aliphatic rings. The molecule has 0 atom stereocenters. The number of anilines is 2. The zero-order valence-electron chi connectivity index (χ0n) is 13.3. The van der Waals surface area contributed by atoms with E-state index in [1.54, 1.807) is 0 Å². The largest absolute Gasteiger partial charge is 0.367 e. The molecule has 1 aromatic rings. The molecule has 5 nitrogen and oxygen atoms in total. The van der Waals surface area contributed by atoms with Crippen LogP contribution < -0.4 is 10.2 Å². The summed E-state index contributed by atoms with van der Waals surface area (Å²) in [5.74, 6) is 1.68. The fourth-order valence-electron chi connectivity index (χ4n) is 3.03. The third-order valence-corrected chi connectivity index (χ3v) is 4.92. The smallest absolute Gasteiger partial charge is 0.228 e. The van der Waals surface area contributed by atoms with Crippen LogP contribution in [0, 0.1) is 6.92 Å². The van der Waals surface area contributed by atoms with Crippen molar-refractivity contribution in [3.8, 4) is 0 Å². The van der Waals surface area contributed by atoms with E-state index in [0.29, 0.717) is 11.2 Å². The number of hydrogen-bond acceptors (Lipinski definition) is 5. The molecular formula is C15H25Cl2N5. The molecule has 124 valence electrons. The summed E-state index contributed by atoms with van der Waals surface area (Å²) >= 11 is 6.32. The van der Waals surface area contributed by atoms with Crippen LogP contribution in [0.5, 0.6) is 0 Å². The van der Waals surface area contributed by atoms with Crippen LogP contribution in [0.3, 0.4) is 0 Å². The van der Waals surface area contributed by atoms with Crippen molar-refractivity contribution >= 4 is 35.8 Å². The Morgan fingerprint density at radius 1 is 1.09 bits per heavy atom. The van der Waals surface area contributed by atoms with Crippen LogP contribution in [-0.4, -0.2) is 54.1 Å². The van der Waals surface area contributed by atoms with E-state index in [9.17, 15) is 0 Å². The van der Waals surface area contributed by atoms with Crippen LogP contribution in [0.25, 0.3) is 0 Å². The number of nitrogens with one attached hydrogen (secondary N) is 1. The van der Waals surface area contributed by atoms with Gasteiger partial charge in [-0.15, -0.1) is 12.4 Å². The highest BCUT2D eigenvalue weighted by Gasteiger charge is 2.21. The lowest BCUT2D eigenvalue weighted by molar-refractivity contribution is 0.311. The average molecular weight is 346 g/mol. The van der Waals surface area contributed by atoms with Crippen molar-refractivity contribution in [2.45, 2.75) is 38.6 Å². The predicted octanol–water partition coefficient (Wildman–Crippen LogP) is 2.97. The van der Waals surface area contributed by atoms with Crippen molar-refractivity contribution in [1.82, 2.24) is 14.9 Å². The highest BCUT2D eigenvalue weighted by molar-refractivity contribution is 6.30. The molecule has 3 rings (SSSR count). The van der Waals surface area contributed by atoms with Gasteiger partial charge in [-0.3, -0.25) is 0 Å². The number of piperazine rings is 1. The first-order valence-electron chi connectivity index (χ1n) is 7.87. The Morgan fingerprint density at radius 3 is 2.36 bits per heavy atom. The van der Waals surface area contributed by atoms with E-state index in [2.05, 4.69) is 27.1 Å². The molecule has 2 heterocycles. The summed E-state index contributed by atoms with van der Waals surface area (Å²) in [6.45, 7) is 5.99. The first kappa shape index (κ1) is 17.6. The molecule has 0 radical (unpaired) electrons. The van der Waals surface area contributed by atoms with Gasteiger partial charge < -0.3 is 15.1 Å². The van der Waals surface area contributed by atoms with Crippen LogP contribution in [0.4, 0.5) is 11.8 Å². The maximum Gasteiger partial charge on any atom is 0.228 e. The third kappa shape index (κ3) is 3.94. The zero-order valence-corrected chi connectivity index (χ0v) is 14.9.